The number of carbonyl (C=O) groups excluding carboxylic acids is 1. The third-order valence-electron chi connectivity index (χ3n) is 3.72. The van der Waals surface area contributed by atoms with Gasteiger partial charge in [0.25, 0.3) is 0 Å². The summed E-state index contributed by atoms with van der Waals surface area (Å²) in [5.74, 6) is 0.283. The summed E-state index contributed by atoms with van der Waals surface area (Å²) in [4.78, 5) is 16.1. The molecule has 1 N–H and O–H groups in total. The number of nitrogens with one attached hydrogen (secondary N) is 1. The number of aromatic nitrogens is 1. The number of benzene rings is 2. The highest BCUT2D eigenvalue weighted by Gasteiger charge is 2.06. The molecule has 0 unspecified atom stereocenters. The highest BCUT2D eigenvalue weighted by molar-refractivity contribution is 5.91. The SMILES string of the molecule is Cc1cc(Oc2ccc(NC(=O)COCc3ccccc3)cn2)ccc1F. The largest absolute Gasteiger partial charge is 0.439 e. The van der Waals surface area contributed by atoms with Crippen LogP contribution in [0.5, 0.6) is 11.6 Å². The van der Waals surface area contributed by atoms with Crippen molar-refractivity contribution in [3.8, 4) is 11.6 Å². The maximum Gasteiger partial charge on any atom is 0.250 e. The first kappa shape index (κ1) is 18.5. The molecule has 138 valence electrons. The first-order valence-electron chi connectivity index (χ1n) is 8.42. The van der Waals surface area contributed by atoms with Gasteiger partial charge in [-0.1, -0.05) is 30.3 Å². The normalized spacial score (nSPS) is 10.4. The highest BCUT2D eigenvalue weighted by atomic mass is 19.1. The van der Waals surface area contributed by atoms with E-state index in [1.165, 1.54) is 18.3 Å². The van der Waals surface area contributed by atoms with Crippen LogP contribution in [0.1, 0.15) is 11.1 Å². The summed E-state index contributed by atoms with van der Waals surface area (Å²) < 4.78 is 24.2. The lowest BCUT2D eigenvalue weighted by molar-refractivity contribution is -0.121. The molecule has 0 aliphatic rings. The second-order valence-electron chi connectivity index (χ2n) is 5.92. The van der Waals surface area contributed by atoms with E-state index >= 15 is 0 Å². The summed E-state index contributed by atoms with van der Waals surface area (Å²) in [5.41, 5.74) is 2.03. The number of halogens is 1. The molecule has 0 bridgehead atoms. The molecule has 6 heteroatoms. The minimum Gasteiger partial charge on any atom is -0.439 e. The van der Waals surface area contributed by atoms with Crippen LogP contribution in [0.4, 0.5) is 10.1 Å². The number of rotatable bonds is 7. The molecule has 0 aliphatic carbocycles. The number of ether oxygens (including phenoxy) is 2. The van der Waals surface area contributed by atoms with E-state index < -0.39 is 0 Å². The Morgan fingerprint density at radius 3 is 2.63 bits per heavy atom. The number of hydrogen-bond donors (Lipinski definition) is 1. The summed E-state index contributed by atoms with van der Waals surface area (Å²) in [6.07, 6.45) is 1.49. The fraction of sp³-hybridized carbons (Fsp3) is 0.143. The monoisotopic (exact) mass is 366 g/mol. The van der Waals surface area contributed by atoms with Crippen molar-refractivity contribution in [2.75, 3.05) is 11.9 Å². The van der Waals surface area contributed by atoms with E-state index in [4.69, 9.17) is 9.47 Å². The molecule has 0 saturated heterocycles. The van der Waals surface area contributed by atoms with E-state index in [1.54, 1.807) is 25.1 Å². The number of pyridine rings is 1. The van der Waals surface area contributed by atoms with E-state index in [9.17, 15) is 9.18 Å². The second-order valence-corrected chi connectivity index (χ2v) is 5.92. The van der Waals surface area contributed by atoms with Gasteiger partial charge in [-0.25, -0.2) is 9.37 Å². The number of anilines is 1. The molecule has 1 aromatic heterocycles. The standard InChI is InChI=1S/C21H19FN2O3/c1-15-11-18(8-9-19(15)22)27-21-10-7-17(12-23-21)24-20(25)14-26-13-16-5-3-2-4-6-16/h2-12H,13-14H2,1H3,(H,24,25). The number of amides is 1. The van der Waals surface area contributed by atoms with Crippen LogP contribution in [0.15, 0.2) is 66.9 Å². The van der Waals surface area contributed by atoms with Gasteiger partial charge in [0.1, 0.15) is 18.2 Å². The van der Waals surface area contributed by atoms with Gasteiger partial charge >= 0.3 is 0 Å². The molecule has 3 rings (SSSR count). The minimum absolute atomic E-state index is 0.0536. The number of carbonyl (C=O) groups is 1. The fourth-order valence-corrected chi connectivity index (χ4v) is 2.35. The quantitative estimate of drug-likeness (QED) is 0.670. The van der Waals surface area contributed by atoms with Crippen molar-refractivity contribution in [1.82, 2.24) is 4.98 Å². The Kier molecular flexibility index (Phi) is 6.12. The van der Waals surface area contributed by atoms with Gasteiger partial charge in [0, 0.05) is 6.07 Å². The maximum atomic E-state index is 13.3. The molecular weight excluding hydrogens is 347 g/mol. The topological polar surface area (TPSA) is 60.5 Å². The van der Waals surface area contributed by atoms with Crippen LogP contribution in [-0.2, 0) is 16.1 Å². The van der Waals surface area contributed by atoms with Gasteiger partial charge in [-0.05, 0) is 42.3 Å². The molecule has 0 atom stereocenters. The van der Waals surface area contributed by atoms with E-state index in [-0.39, 0.29) is 18.3 Å². The lowest BCUT2D eigenvalue weighted by Crippen LogP contribution is -2.18. The molecule has 5 nitrogen and oxygen atoms in total. The van der Waals surface area contributed by atoms with Crippen molar-refractivity contribution in [1.29, 1.82) is 0 Å². The highest BCUT2D eigenvalue weighted by Crippen LogP contribution is 2.22. The summed E-state index contributed by atoms with van der Waals surface area (Å²) in [6, 6.07) is 17.4. The number of nitrogens with zero attached hydrogens (tertiary/aromatic N) is 1. The average molecular weight is 366 g/mol. The summed E-state index contributed by atoms with van der Waals surface area (Å²) in [7, 11) is 0. The van der Waals surface area contributed by atoms with Crippen LogP contribution in [0.2, 0.25) is 0 Å². The van der Waals surface area contributed by atoms with Crippen molar-refractivity contribution < 1.29 is 18.7 Å². The molecule has 0 aliphatic heterocycles. The van der Waals surface area contributed by atoms with Crippen LogP contribution in [0.3, 0.4) is 0 Å². The van der Waals surface area contributed by atoms with Gasteiger partial charge in [-0.3, -0.25) is 4.79 Å². The van der Waals surface area contributed by atoms with Crippen LogP contribution < -0.4 is 10.1 Å². The zero-order chi connectivity index (χ0) is 19.1. The molecule has 1 heterocycles. The van der Waals surface area contributed by atoms with E-state index in [0.717, 1.165) is 5.56 Å². The molecule has 3 aromatic rings. The van der Waals surface area contributed by atoms with Crippen molar-refractivity contribution in [2.45, 2.75) is 13.5 Å². The molecule has 2 aromatic carbocycles. The van der Waals surface area contributed by atoms with Gasteiger partial charge < -0.3 is 14.8 Å². The molecule has 0 saturated carbocycles. The Labute approximate surface area is 156 Å². The summed E-state index contributed by atoms with van der Waals surface area (Å²) in [5, 5.41) is 2.70. The summed E-state index contributed by atoms with van der Waals surface area (Å²) >= 11 is 0. The Hall–Kier alpha value is -3.25. The Bertz CT molecular complexity index is 899. The zero-order valence-corrected chi connectivity index (χ0v) is 14.8. The number of hydrogen-bond acceptors (Lipinski definition) is 4. The fourth-order valence-electron chi connectivity index (χ4n) is 2.35. The number of aryl methyl sites for hydroxylation is 1. The zero-order valence-electron chi connectivity index (χ0n) is 14.8. The third kappa shape index (κ3) is 5.62. The van der Waals surface area contributed by atoms with Gasteiger partial charge in [0.15, 0.2) is 0 Å². The Morgan fingerprint density at radius 1 is 1.11 bits per heavy atom. The first-order chi connectivity index (χ1) is 13.1. The van der Waals surface area contributed by atoms with Crippen molar-refractivity contribution in [3.05, 3.63) is 83.8 Å². The van der Waals surface area contributed by atoms with E-state index in [2.05, 4.69) is 10.3 Å². The lowest BCUT2D eigenvalue weighted by Gasteiger charge is -2.08. The molecular formula is C21H19FN2O3. The van der Waals surface area contributed by atoms with Crippen molar-refractivity contribution in [2.24, 2.45) is 0 Å². The van der Waals surface area contributed by atoms with Gasteiger partial charge in [0.05, 0.1) is 18.5 Å². The minimum atomic E-state index is -0.289. The predicted octanol–water partition coefficient (Wildman–Crippen LogP) is 4.48. The molecule has 0 fully saturated rings. The molecule has 0 radical (unpaired) electrons. The molecule has 1 amide bonds. The Balaban J connectivity index is 1.48. The molecule has 0 spiro atoms. The smallest absolute Gasteiger partial charge is 0.250 e. The third-order valence-corrected chi connectivity index (χ3v) is 3.72. The van der Waals surface area contributed by atoms with Crippen LogP contribution in [-0.4, -0.2) is 17.5 Å². The predicted molar refractivity (Wildman–Crippen MR) is 100 cm³/mol. The Morgan fingerprint density at radius 2 is 1.93 bits per heavy atom. The van der Waals surface area contributed by atoms with E-state index in [1.807, 2.05) is 30.3 Å². The summed E-state index contributed by atoms with van der Waals surface area (Å²) in [6.45, 7) is 1.98. The van der Waals surface area contributed by atoms with Crippen LogP contribution in [0.25, 0.3) is 0 Å². The van der Waals surface area contributed by atoms with Crippen LogP contribution >= 0.6 is 0 Å². The van der Waals surface area contributed by atoms with Gasteiger partial charge in [-0.15, -0.1) is 0 Å². The van der Waals surface area contributed by atoms with Gasteiger partial charge in [0.2, 0.25) is 11.8 Å². The van der Waals surface area contributed by atoms with Gasteiger partial charge in [-0.2, -0.15) is 0 Å². The second kappa shape index (κ2) is 8.91. The van der Waals surface area contributed by atoms with Crippen LogP contribution in [0, 0.1) is 12.7 Å². The lowest BCUT2D eigenvalue weighted by atomic mass is 10.2. The van der Waals surface area contributed by atoms with E-state index in [0.29, 0.717) is 29.5 Å². The van der Waals surface area contributed by atoms with Crippen molar-refractivity contribution in [3.63, 3.8) is 0 Å². The maximum absolute atomic E-state index is 13.3. The van der Waals surface area contributed by atoms with Crippen molar-refractivity contribution >= 4 is 11.6 Å². The molecule has 27 heavy (non-hydrogen) atoms. The first-order valence-corrected chi connectivity index (χ1v) is 8.42. The average Bonchev–Trinajstić information content (AvgIpc) is 2.67.